The van der Waals surface area contributed by atoms with Gasteiger partial charge in [-0.15, -0.1) is 0 Å². The fraction of sp³-hybridized carbons (Fsp3) is 0.878. The van der Waals surface area contributed by atoms with Crippen molar-refractivity contribution in [1.82, 2.24) is 5.32 Å². The summed E-state index contributed by atoms with van der Waals surface area (Å²) >= 11 is 0. The van der Waals surface area contributed by atoms with Crippen LogP contribution in [0.15, 0.2) is 24.3 Å². The van der Waals surface area contributed by atoms with Crippen LogP contribution in [-0.4, -0.2) is 130 Å². The Labute approximate surface area is 317 Å². The molecule has 10 fully saturated rings. The van der Waals surface area contributed by atoms with Crippen molar-refractivity contribution in [3.63, 3.8) is 0 Å². The number of carbonyl (C=O) groups is 1. The van der Waals surface area contributed by atoms with Gasteiger partial charge in [-0.1, -0.05) is 20.1 Å². The van der Waals surface area contributed by atoms with Crippen LogP contribution in [0.4, 0.5) is 8.78 Å². The van der Waals surface area contributed by atoms with Crippen LogP contribution in [0.25, 0.3) is 0 Å². The highest BCUT2D eigenvalue weighted by molar-refractivity contribution is 5.79. The van der Waals surface area contributed by atoms with Crippen LogP contribution in [0.5, 0.6) is 0 Å². The molecule has 1 spiro atoms. The fourth-order valence-electron chi connectivity index (χ4n) is 11.4. The maximum atomic E-state index is 14.1. The third-order valence-corrected chi connectivity index (χ3v) is 14.1. The minimum atomic E-state index is -2.43. The van der Waals surface area contributed by atoms with Crippen LogP contribution in [0, 0.1) is 11.8 Å². The average molecular weight is 764 g/mol. The molecular formula is C41H59F2NO10. The highest BCUT2D eigenvalue weighted by Gasteiger charge is 2.68. The molecule has 12 bridgehead atoms. The number of nitrogens with one attached hydrogen (secondary N) is 1. The summed E-state index contributed by atoms with van der Waals surface area (Å²) in [6.45, 7) is 11.1. The van der Waals surface area contributed by atoms with Gasteiger partial charge in [-0.05, 0) is 75.0 Å². The Bertz CT molecular complexity index is 1420. The van der Waals surface area contributed by atoms with Gasteiger partial charge in [-0.2, -0.15) is 0 Å². The molecule has 0 radical (unpaired) electrons. The first-order valence-corrected chi connectivity index (χ1v) is 20.7. The number of rotatable bonds is 6. The number of ketones is 1. The average Bonchev–Trinajstić information content (AvgIpc) is 3.81. The Morgan fingerprint density at radius 2 is 1.56 bits per heavy atom. The Balaban J connectivity index is 0.974. The Morgan fingerprint density at radius 1 is 0.796 bits per heavy atom. The topological polar surface area (TPSA) is 112 Å². The van der Waals surface area contributed by atoms with E-state index in [9.17, 15) is 13.6 Å². The predicted molar refractivity (Wildman–Crippen MR) is 190 cm³/mol. The SMILES string of the molecule is C=C1C[C@@H]2CC[C@@]34C[C@H]5O[C@H]6[C@@H](O3)[C@H]3O[C@H](CC[C@@H]3O[C@H]6[C@H]5O4)CC(=O)C[C@@H]3[C@@H](OC)[C@@H](CCNCC(F)F)O[C@H]3C[C@H]3O[C@@H](CC[C@@H]1O2)C[C@@H](C)C3=C. The van der Waals surface area contributed by atoms with E-state index in [1.54, 1.807) is 7.11 Å². The van der Waals surface area contributed by atoms with E-state index in [2.05, 4.69) is 25.4 Å². The van der Waals surface area contributed by atoms with Crippen LogP contribution in [0.2, 0.25) is 0 Å². The van der Waals surface area contributed by atoms with Crippen LogP contribution < -0.4 is 5.32 Å². The van der Waals surface area contributed by atoms with E-state index < -0.39 is 12.2 Å². The molecule has 54 heavy (non-hydrogen) atoms. The lowest BCUT2D eigenvalue weighted by Crippen LogP contribution is -2.61. The summed E-state index contributed by atoms with van der Waals surface area (Å²) in [5, 5.41) is 2.83. The fourth-order valence-corrected chi connectivity index (χ4v) is 11.4. The lowest BCUT2D eigenvalue weighted by Gasteiger charge is -2.47. The highest BCUT2D eigenvalue weighted by atomic mass is 19.3. The van der Waals surface area contributed by atoms with Crippen molar-refractivity contribution >= 4 is 5.78 Å². The minimum absolute atomic E-state index is 0.0215. The lowest BCUT2D eigenvalue weighted by molar-refractivity contribution is -0.292. The molecule has 18 atom stereocenters. The molecule has 0 aromatic heterocycles. The van der Waals surface area contributed by atoms with Crippen molar-refractivity contribution in [3.8, 4) is 0 Å². The number of ether oxygens (including phenoxy) is 9. The first-order valence-electron chi connectivity index (χ1n) is 20.7. The molecule has 0 aromatic rings. The zero-order chi connectivity index (χ0) is 37.3. The van der Waals surface area contributed by atoms with Crippen molar-refractivity contribution in [2.45, 2.75) is 194 Å². The molecule has 10 aliphatic heterocycles. The van der Waals surface area contributed by atoms with Crippen LogP contribution >= 0.6 is 0 Å². The van der Waals surface area contributed by atoms with Gasteiger partial charge in [0.15, 0.2) is 5.79 Å². The van der Waals surface area contributed by atoms with Gasteiger partial charge in [-0.3, -0.25) is 4.79 Å². The number of halogens is 2. The van der Waals surface area contributed by atoms with Gasteiger partial charge >= 0.3 is 0 Å². The van der Waals surface area contributed by atoms with Crippen LogP contribution in [-0.2, 0) is 47.4 Å². The molecule has 13 heteroatoms. The van der Waals surface area contributed by atoms with E-state index in [1.165, 1.54) is 0 Å². The summed E-state index contributed by atoms with van der Waals surface area (Å²) < 4.78 is 85.8. The highest BCUT2D eigenvalue weighted by Crippen LogP contribution is 2.54. The van der Waals surface area contributed by atoms with E-state index in [0.717, 1.165) is 49.7 Å². The van der Waals surface area contributed by atoms with Gasteiger partial charge in [0.25, 0.3) is 6.43 Å². The lowest BCUT2D eigenvalue weighted by atomic mass is 9.81. The van der Waals surface area contributed by atoms with Gasteiger partial charge in [0.1, 0.15) is 36.3 Å². The van der Waals surface area contributed by atoms with Crippen molar-refractivity contribution in [3.05, 3.63) is 24.3 Å². The zero-order valence-electron chi connectivity index (χ0n) is 31.8. The second-order valence-electron chi connectivity index (χ2n) is 17.7. The molecule has 0 aliphatic carbocycles. The minimum Gasteiger partial charge on any atom is -0.378 e. The summed E-state index contributed by atoms with van der Waals surface area (Å²) in [4.78, 5) is 14.1. The first kappa shape index (κ1) is 38.1. The molecule has 10 aliphatic rings. The second kappa shape index (κ2) is 15.4. The van der Waals surface area contributed by atoms with E-state index in [-0.39, 0.29) is 129 Å². The molecular weight excluding hydrogens is 704 g/mol. The van der Waals surface area contributed by atoms with Crippen molar-refractivity contribution in [2.24, 2.45) is 11.8 Å². The van der Waals surface area contributed by atoms with Gasteiger partial charge in [-0.25, -0.2) is 8.78 Å². The number of alkyl halides is 2. The maximum Gasteiger partial charge on any atom is 0.250 e. The summed E-state index contributed by atoms with van der Waals surface area (Å²) in [5.74, 6) is -0.700. The molecule has 11 nitrogen and oxygen atoms in total. The molecule has 302 valence electrons. The number of hydrogen-bond acceptors (Lipinski definition) is 11. The summed E-state index contributed by atoms with van der Waals surface area (Å²) in [7, 11) is 1.64. The van der Waals surface area contributed by atoms with Crippen molar-refractivity contribution in [1.29, 1.82) is 0 Å². The van der Waals surface area contributed by atoms with E-state index in [1.807, 2.05) is 0 Å². The Hall–Kier alpha value is -1.39. The molecule has 0 saturated carbocycles. The molecule has 1 N–H and O–H groups in total. The number of methoxy groups -OCH3 is 1. The van der Waals surface area contributed by atoms with Gasteiger partial charge in [0, 0.05) is 45.1 Å². The smallest absolute Gasteiger partial charge is 0.250 e. The third kappa shape index (κ3) is 7.30. The molecule has 0 amide bonds. The molecule has 10 heterocycles. The Morgan fingerprint density at radius 3 is 2.39 bits per heavy atom. The summed E-state index contributed by atoms with van der Waals surface area (Å²) in [6, 6.07) is 0. The van der Waals surface area contributed by atoms with Crippen LogP contribution in [0.3, 0.4) is 0 Å². The zero-order valence-corrected chi connectivity index (χ0v) is 31.8. The number of fused-ring (bicyclic) bond motifs is 6. The first-order chi connectivity index (χ1) is 26.1. The van der Waals surface area contributed by atoms with E-state index >= 15 is 0 Å². The largest absolute Gasteiger partial charge is 0.378 e. The quantitative estimate of drug-likeness (QED) is 0.293. The third-order valence-electron chi connectivity index (χ3n) is 14.1. The maximum absolute atomic E-state index is 14.1. The van der Waals surface area contributed by atoms with Gasteiger partial charge in [0.05, 0.1) is 67.6 Å². The molecule has 0 aromatic carbocycles. The standard InChI is InChI=1S/C41H59F2NO10/c1-20-13-24-5-7-28-21(2)14-26(47-28)9-11-41-18-33-37(53-41)38-39(52-33)40(54-41)36-29(51-38)8-6-25(49-36)15-23(45)16-27-32(17-31(48-24)22(20)3)50-30(35(27)46-4)10-12-44-19-34(42)43/h20,24-40,44H,2-3,5-19H2,1,4H3/t20-,24+,25-,26+,27+,28+,29+,30-,31-,32+,33-,35-,36+,37+,38+,39-,40+,41+/m1/s1. The molecule has 0 unspecified atom stereocenters. The monoisotopic (exact) mass is 763 g/mol. The molecule has 10 saturated heterocycles. The summed E-state index contributed by atoms with van der Waals surface area (Å²) in [6.07, 6.45) is 2.86. The van der Waals surface area contributed by atoms with Crippen molar-refractivity contribution < 1.29 is 56.2 Å². The normalized spacial score (nSPS) is 50.4. The number of carbonyl (C=O) groups excluding carboxylic acids is 1. The van der Waals surface area contributed by atoms with Crippen molar-refractivity contribution in [2.75, 3.05) is 20.2 Å². The van der Waals surface area contributed by atoms with Gasteiger partial charge < -0.3 is 47.9 Å². The number of hydrogen-bond donors (Lipinski definition) is 1. The molecule has 10 rings (SSSR count). The number of Topliss-reactive ketones (excluding diaryl/α,β-unsaturated/α-hetero) is 1. The predicted octanol–water partition coefficient (Wildman–Crippen LogP) is 4.97. The van der Waals surface area contributed by atoms with E-state index in [0.29, 0.717) is 38.6 Å². The summed E-state index contributed by atoms with van der Waals surface area (Å²) in [5.41, 5.74) is 2.16. The van der Waals surface area contributed by atoms with E-state index in [4.69, 9.17) is 42.6 Å². The van der Waals surface area contributed by atoms with Gasteiger partial charge in [0.2, 0.25) is 0 Å². The second-order valence-corrected chi connectivity index (χ2v) is 17.7. The Kier molecular flexibility index (Phi) is 10.9. The van der Waals surface area contributed by atoms with Crippen LogP contribution in [0.1, 0.15) is 90.4 Å².